The molecule has 20 heavy (non-hydrogen) atoms. The molecule has 1 aliphatic carbocycles. The normalized spacial score (nSPS) is 26.5. The van der Waals surface area contributed by atoms with Gasteiger partial charge in [-0.05, 0) is 39.5 Å². The van der Waals surface area contributed by atoms with Crippen molar-refractivity contribution in [3.8, 4) is 0 Å². The first-order chi connectivity index (χ1) is 9.33. The summed E-state index contributed by atoms with van der Waals surface area (Å²) in [6, 6.07) is -0.238. The Morgan fingerprint density at radius 2 is 2.25 bits per heavy atom. The smallest absolute Gasteiger partial charge is 0.407 e. The molecule has 2 N–H and O–H groups in total. The second-order valence-corrected chi connectivity index (χ2v) is 6.42. The summed E-state index contributed by atoms with van der Waals surface area (Å²) in [6.07, 6.45) is 5.85. The lowest BCUT2D eigenvalue weighted by Crippen LogP contribution is -2.42. The summed E-state index contributed by atoms with van der Waals surface area (Å²) in [5.41, 5.74) is -0.524. The predicted octanol–water partition coefficient (Wildman–Crippen LogP) is 1.55. The van der Waals surface area contributed by atoms with Crippen molar-refractivity contribution in [3.63, 3.8) is 0 Å². The lowest BCUT2D eigenvalue weighted by atomic mass is 10.1. The van der Waals surface area contributed by atoms with Crippen molar-refractivity contribution < 1.29 is 14.6 Å². The van der Waals surface area contributed by atoms with Gasteiger partial charge in [-0.15, -0.1) is 0 Å². The van der Waals surface area contributed by atoms with E-state index in [0.29, 0.717) is 12.3 Å². The SMILES string of the molecule is CC(C)(C)OC(=O)N[C@@H]1CC(Cn2ccnc2)C[C@H]1O. The first-order valence-electron chi connectivity index (χ1n) is 6.97. The third kappa shape index (κ3) is 4.23. The molecule has 0 saturated heterocycles. The number of amides is 1. The Morgan fingerprint density at radius 1 is 1.50 bits per heavy atom. The van der Waals surface area contributed by atoms with Crippen LogP contribution in [0.25, 0.3) is 0 Å². The molecule has 0 aromatic carbocycles. The Balaban J connectivity index is 1.83. The van der Waals surface area contributed by atoms with Crippen molar-refractivity contribution in [2.75, 3.05) is 0 Å². The van der Waals surface area contributed by atoms with E-state index in [1.807, 2.05) is 31.5 Å². The van der Waals surface area contributed by atoms with E-state index in [2.05, 4.69) is 10.3 Å². The Kier molecular flexibility index (Phi) is 4.32. The van der Waals surface area contributed by atoms with E-state index >= 15 is 0 Å². The number of carbonyl (C=O) groups is 1. The highest BCUT2D eigenvalue weighted by Gasteiger charge is 2.34. The van der Waals surface area contributed by atoms with Crippen LogP contribution in [0, 0.1) is 5.92 Å². The zero-order valence-electron chi connectivity index (χ0n) is 12.2. The third-order valence-electron chi connectivity index (χ3n) is 3.36. The first kappa shape index (κ1) is 14.8. The zero-order chi connectivity index (χ0) is 14.8. The van der Waals surface area contributed by atoms with Crippen LogP contribution in [0.2, 0.25) is 0 Å². The molecule has 112 valence electrons. The molecule has 1 aromatic rings. The van der Waals surface area contributed by atoms with Gasteiger partial charge in [0.05, 0.1) is 18.5 Å². The number of hydrogen-bond donors (Lipinski definition) is 2. The molecule has 6 heteroatoms. The third-order valence-corrected chi connectivity index (χ3v) is 3.36. The topological polar surface area (TPSA) is 76.4 Å². The summed E-state index contributed by atoms with van der Waals surface area (Å²) in [4.78, 5) is 15.7. The number of aliphatic hydroxyl groups is 1. The van der Waals surface area contributed by atoms with Crippen molar-refractivity contribution in [1.82, 2.24) is 14.9 Å². The summed E-state index contributed by atoms with van der Waals surface area (Å²) in [6.45, 7) is 6.27. The monoisotopic (exact) mass is 281 g/mol. The highest BCUT2D eigenvalue weighted by molar-refractivity contribution is 5.68. The van der Waals surface area contributed by atoms with Gasteiger partial charge >= 0.3 is 6.09 Å². The van der Waals surface area contributed by atoms with Crippen molar-refractivity contribution >= 4 is 6.09 Å². The first-order valence-corrected chi connectivity index (χ1v) is 6.97. The molecule has 1 unspecified atom stereocenters. The predicted molar refractivity (Wildman–Crippen MR) is 74.1 cm³/mol. The number of rotatable bonds is 3. The van der Waals surface area contributed by atoms with Crippen LogP contribution in [0.15, 0.2) is 18.7 Å². The molecule has 1 heterocycles. The van der Waals surface area contributed by atoms with Gasteiger partial charge in [-0.1, -0.05) is 0 Å². The molecule has 1 aromatic heterocycles. The maximum Gasteiger partial charge on any atom is 0.407 e. The van der Waals surface area contributed by atoms with Gasteiger partial charge in [-0.2, -0.15) is 0 Å². The zero-order valence-corrected chi connectivity index (χ0v) is 12.2. The Hall–Kier alpha value is -1.56. The molecule has 6 nitrogen and oxygen atoms in total. The average Bonchev–Trinajstić information content (AvgIpc) is 2.88. The van der Waals surface area contributed by atoms with E-state index in [9.17, 15) is 9.90 Å². The summed E-state index contributed by atoms with van der Waals surface area (Å²) in [7, 11) is 0. The van der Waals surface area contributed by atoms with E-state index in [4.69, 9.17) is 4.74 Å². The van der Waals surface area contributed by atoms with Crippen molar-refractivity contribution in [2.24, 2.45) is 5.92 Å². The second-order valence-electron chi connectivity index (χ2n) is 6.42. The summed E-state index contributed by atoms with van der Waals surface area (Å²) < 4.78 is 7.21. The van der Waals surface area contributed by atoms with E-state index in [-0.39, 0.29) is 6.04 Å². The van der Waals surface area contributed by atoms with Gasteiger partial charge in [0, 0.05) is 18.9 Å². The molecular formula is C14H23N3O3. The minimum absolute atomic E-state index is 0.238. The number of carbonyl (C=O) groups excluding carboxylic acids is 1. The van der Waals surface area contributed by atoms with Crippen LogP contribution in [0.3, 0.4) is 0 Å². The summed E-state index contributed by atoms with van der Waals surface area (Å²) in [5, 5.41) is 12.8. The molecule has 1 saturated carbocycles. The quantitative estimate of drug-likeness (QED) is 0.881. The van der Waals surface area contributed by atoms with Gasteiger partial charge in [0.2, 0.25) is 0 Å². The number of aromatic nitrogens is 2. The highest BCUT2D eigenvalue weighted by Crippen LogP contribution is 2.27. The van der Waals surface area contributed by atoms with Gasteiger partial charge in [-0.25, -0.2) is 9.78 Å². The second kappa shape index (κ2) is 5.83. The van der Waals surface area contributed by atoms with Crippen molar-refractivity contribution in [3.05, 3.63) is 18.7 Å². The molecule has 1 amide bonds. The summed E-state index contributed by atoms with van der Waals surface area (Å²) in [5.74, 6) is 0.333. The highest BCUT2D eigenvalue weighted by atomic mass is 16.6. The molecule has 0 spiro atoms. The van der Waals surface area contributed by atoms with Crippen LogP contribution in [-0.2, 0) is 11.3 Å². The lowest BCUT2D eigenvalue weighted by Gasteiger charge is -2.23. The van der Waals surface area contributed by atoms with Gasteiger partial charge in [0.15, 0.2) is 0 Å². The minimum atomic E-state index is -0.524. The Labute approximate surface area is 119 Å². The maximum atomic E-state index is 11.7. The number of nitrogens with zero attached hydrogens (tertiary/aromatic N) is 2. The van der Waals surface area contributed by atoms with E-state index in [1.165, 1.54) is 0 Å². The van der Waals surface area contributed by atoms with Crippen LogP contribution >= 0.6 is 0 Å². The van der Waals surface area contributed by atoms with Gasteiger partial charge in [-0.3, -0.25) is 0 Å². The largest absolute Gasteiger partial charge is 0.444 e. The maximum absolute atomic E-state index is 11.7. The number of aliphatic hydroxyl groups excluding tert-OH is 1. The standard InChI is InChI=1S/C14H23N3O3/c1-14(2,3)20-13(19)16-11-6-10(7-12(11)18)8-17-5-4-15-9-17/h4-5,9-12,18H,6-8H2,1-3H3,(H,16,19)/t10?,11-,12-/m1/s1. The number of imidazole rings is 1. The van der Waals surface area contributed by atoms with Crippen LogP contribution < -0.4 is 5.32 Å². The molecule has 0 bridgehead atoms. The molecular weight excluding hydrogens is 258 g/mol. The fraction of sp³-hybridized carbons (Fsp3) is 0.714. The number of hydrogen-bond acceptors (Lipinski definition) is 4. The molecule has 2 rings (SSSR count). The Bertz CT molecular complexity index is 439. The van der Waals surface area contributed by atoms with Crippen LogP contribution in [0.4, 0.5) is 4.79 Å². The fourth-order valence-electron chi connectivity index (χ4n) is 2.57. The van der Waals surface area contributed by atoms with E-state index in [1.54, 1.807) is 12.5 Å². The minimum Gasteiger partial charge on any atom is -0.444 e. The molecule has 0 aliphatic heterocycles. The fourth-order valence-corrected chi connectivity index (χ4v) is 2.57. The molecule has 1 aliphatic rings. The molecule has 1 fully saturated rings. The van der Waals surface area contributed by atoms with E-state index < -0.39 is 17.8 Å². The average molecular weight is 281 g/mol. The van der Waals surface area contributed by atoms with Crippen molar-refractivity contribution in [1.29, 1.82) is 0 Å². The Morgan fingerprint density at radius 3 is 2.85 bits per heavy atom. The molecule has 3 atom stereocenters. The van der Waals surface area contributed by atoms with Gasteiger partial charge in [0.25, 0.3) is 0 Å². The van der Waals surface area contributed by atoms with Crippen molar-refractivity contribution in [2.45, 2.75) is 57.9 Å². The van der Waals surface area contributed by atoms with E-state index in [0.717, 1.165) is 13.0 Å². The summed E-state index contributed by atoms with van der Waals surface area (Å²) >= 11 is 0. The van der Waals surface area contributed by atoms with Gasteiger partial charge < -0.3 is 19.7 Å². The van der Waals surface area contributed by atoms with Crippen LogP contribution in [0.5, 0.6) is 0 Å². The molecule has 0 radical (unpaired) electrons. The van der Waals surface area contributed by atoms with Gasteiger partial charge in [0.1, 0.15) is 5.60 Å². The number of ether oxygens (including phenoxy) is 1. The van der Waals surface area contributed by atoms with Crippen LogP contribution in [0.1, 0.15) is 33.6 Å². The number of alkyl carbamates (subject to hydrolysis) is 1. The number of nitrogens with one attached hydrogen (secondary N) is 1. The lowest BCUT2D eigenvalue weighted by molar-refractivity contribution is 0.0450. The van der Waals surface area contributed by atoms with Crippen LogP contribution in [-0.4, -0.2) is 38.5 Å².